The van der Waals surface area contributed by atoms with Gasteiger partial charge in [0.1, 0.15) is 5.82 Å². The van der Waals surface area contributed by atoms with Crippen LogP contribution in [0.1, 0.15) is 35.0 Å². The van der Waals surface area contributed by atoms with Crippen LogP contribution in [-0.4, -0.2) is 59.5 Å². The molecule has 0 saturated carbocycles. The molecule has 0 radical (unpaired) electrons. The number of carbonyl (C=O) groups excluding carboxylic acids is 2. The molecular formula is C26H28N4O3. The maximum atomic E-state index is 13.2. The molecule has 1 aromatic carbocycles. The second-order valence-electron chi connectivity index (χ2n) is 8.91. The third kappa shape index (κ3) is 4.40. The first kappa shape index (κ1) is 21.4. The topological polar surface area (TPSA) is 75.6 Å². The number of fused-ring (bicyclic) bond motifs is 2. The van der Waals surface area contributed by atoms with Crippen LogP contribution in [-0.2, 0) is 22.4 Å². The maximum absolute atomic E-state index is 13.2. The predicted molar refractivity (Wildman–Crippen MR) is 126 cm³/mol. The van der Waals surface area contributed by atoms with Crippen LogP contribution in [0.5, 0.6) is 0 Å². The van der Waals surface area contributed by atoms with Crippen LogP contribution in [0.4, 0.5) is 5.82 Å². The number of amides is 1. The van der Waals surface area contributed by atoms with Gasteiger partial charge in [-0.2, -0.15) is 0 Å². The van der Waals surface area contributed by atoms with Gasteiger partial charge < -0.3 is 14.5 Å². The van der Waals surface area contributed by atoms with Gasteiger partial charge in [0.05, 0.1) is 11.1 Å². The number of nitrogens with zero attached hydrogens (tertiary/aromatic N) is 4. The molecule has 7 heteroatoms. The molecule has 7 nitrogen and oxygen atoms in total. The summed E-state index contributed by atoms with van der Waals surface area (Å²) in [6.45, 7) is 4.52. The van der Waals surface area contributed by atoms with E-state index in [1.807, 2.05) is 42.5 Å². The molecule has 1 fully saturated rings. The number of rotatable bonds is 4. The van der Waals surface area contributed by atoms with Gasteiger partial charge in [-0.25, -0.2) is 9.78 Å². The number of para-hydroxylation sites is 1. The summed E-state index contributed by atoms with van der Waals surface area (Å²) in [5.74, 6) is 0.813. The number of aromatic nitrogens is 2. The van der Waals surface area contributed by atoms with E-state index in [0.717, 1.165) is 47.2 Å². The van der Waals surface area contributed by atoms with Crippen LogP contribution in [0.15, 0.2) is 48.7 Å². The monoisotopic (exact) mass is 444 g/mol. The molecule has 1 amide bonds. The third-order valence-corrected chi connectivity index (χ3v) is 6.64. The van der Waals surface area contributed by atoms with E-state index in [1.54, 1.807) is 11.1 Å². The Morgan fingerprint density at radius 2 is 1.85 bits per heavy atom. The fraction of sp³-hybridized carbons (Fsp3) is 0.385. The molecule has 5 rings (SSSR count). The summed E-state index contributed by atoms with van der Waals surface area (Å²) in [4.78, 5) is 39.1. The van der Waals surface area contributed by atoms with Gasteiger partial charge in [0.25, 0.3) is 5.91 Å². The molecule has 0 spiro atoms. The van der Waals surface area contributed by atoms with E-state index in [-0.39, 0.29) is 12.5 Å². The van der Waals surface area contributed by atoms with Crippen LogP contribution in [0.2, 0.25) is 0 Å². The molecule has 1 aliphatic heterocycles. The molecular weight excluding hydrogens is 416 g/mol. The van der Waals surface area contributed by atoms with Gasteiger partial charge >= 0.3 is 5.97 Å². The highest BCUT2D eigenvalue weighted by Gasteiger charge is 2.28. The highest BCUT2D eigenvalue weighted by molar-refractivity contribution is 6.05. The SMILES string of the molecule is CC1CCc2nc3ccccc3c(C(=O)OCC(=O)N3CCN(c4ccccn4)CC3)c2C1. The van der Waals surface area contributed by atoms with Crippen molar-refractivity contribution < 1.29 is 14.3 Å². The van der Waals surface area contributed by atoms with Crippen molar-refractivity contribution in [1.82, 2.24) is 14.9 Å². The Morgan fingerprint density at radius 3 is 2.64 bits per heavy atom. The van der Waals surface area contributed by atoms with Crippen LogP contribution in [0.25, 0.3) is 10.9 Å². The van der Waals surface area contributed by atoms with Crippen molar-refractivity contribution in [2.75, 3.05) is 37.7 Å². The average molecular weight is 445 g/mol. The van der Waals surface area contributed by atoms with E-state index >= 15 is 0 Å². The van der Waals surface area contributed by atoms with Gasteiger partial charge in [0.2, 0.25) is 0 Å². The molecule has 170 valence electrons. The molecule has 1 saturated heterocycles. The Bertz CT molecular complexity index is 1170. The van der Waals surface area contributed by atoms with E-state index in [4.69, 9.17) is 9.72 Å². The zero-order chi connectivity index (χ0) is 22.8. The highest BCUT2D eigenvalue weighted by Crippen LogP contribution is 2.32. The predicted octanol–water partition coefficient (Wildman–Crippen LogP) is 3.26. The smallest absolute Gasteiger partial charge is 0.339 e. The van der Waals surface area contributed by atoms with E-state index in [0.29, 0.717) is 37.7 Å². The lowest BCUT2D eigenvalue weighted by Gasteiger charge is -2.35. The number of hydrogen-bond acceptors (Lipinski definition) is 6. The summed E-state index contributed by atoms with van der Waals surface area (Å²) in [5, 5.41) is 0.798. The minimum Gasteiger partial charge on any atom is -0.452 e. The Hall–Kier alpha value is -3.48. The first-order chi connectivity index (χ1) is 16.1. The molecule has 0 bridgehead atoms. The zero-order valence-electron chi connectivity index (χ0n) is 18.9. The molecule has 3 aromatic rings. The van der Waals surface area contributed by atoms with Crippen molar-refractivity contribution in [3.8, 4) is 0 Å². The number of ether oxygens (including phenoxy) is 1. The minimum atomic E-state index is -0.431. The standard InChI is InChI=1S/C26H28N4O3/c1-18-9-10-22-20(16-18)25(19-6-2-3-7-21(19)28-22)26(32)33-17-24(31)30-14-12-29(13-15-30)23-8-4-5-11-27-23/h2-8,11,18H,9-10,12-17H2,1H3. The molecule has 0 N–H and O–H groups in total. The number of anilines is 1. The summed E-state index contributed by atoms with van der Waals surface area (Å²) in [6.07, 6.45) is 4.51. The number of benzene rings is 1. The van der Waals surface area contributed by atoms with Crippen molar-refractivity contribution in [3.63, 3.8) is 0 Å². The summed E-state index contributed by atoms with van der Waals surface area (Å²) in [7, 11) is 0. The molecule has 1 unspecified atom stereocenters. The lowest BCUT2D eigenvalue weighted by molar-refractivity contribution is -0.134. The fourth-order valence-corrected chi connectivity index (χ4v) is 4.81. The highest BCUT2D eigenvalue weighted by atomic mass is 16.5. The molecule has 2 aliphatic rings. The molecule has 3 heterocycles. The van der Waals surface area contributed by atoms with Gasteiger partial charge in [-0.15, -0.1) is 0 Å². The second kappa shape index (κ2) is 9.17. The van der Waals surface area contributed by atoms with Crippen molar-refractivity contribution in [2.24, 2.45) is 5.92 Å². The average Bonchev–Trinajstić information content (AvgIpc) is 2.86. The van der Waals surface area contributed by atoms with Crippen LogP contribution >= 0.6 is 0 Å². The Labute approximate surface area is 193 Å². The van der Waals surface area contributed by atoms with Crippen LogP contribution in [0.3, 0.4) is 0 Å². The van der Waals surface area contributed by atoms with Crippen molar-refractivity contribution in [1.29, 1.82) is 0 Å². The lowest BCUT2D eigenvalue weighted by atomic mass is 9.84. The molecule has 2 aromatic heterocycles. The number of esters is 1. The zero-order valence-corrected chi connectivity index (χ0v) is 18.9. The molecule has 1 atom stereocenters. The summed E-state index contributed by atoms with van der Waals surface area (Å²) in [5.41, 5.74) is 3.34. The van der Waals surface area contributed by atoms with Gasteiger partial charge in [0.15, 0.2) is 6.61 Å². The van der Waals surface area contributed by atoms with E-state index in [9.17, 15) is 9.59 Å². The van der Waals surface area contributed by atoms with E-state index < -0.39 is 5.97 Å². The maximum Gasteiger partial charge on any atom is 0.339 e. The number of aryl methyl sites for hydroxylation is 1. The minimum absolute atomic E-state index is 0.162. The Morgan fingerprint density at radius 1 is 1.06 bits per heavy atom. The van der Waals surface area contributed by atoms with Gasteiger partial charge in [-0.05, 0) is 48.9 Å². The lowest BCUT2D eigenvalue weighted by Crippen LogP contribution is -2.50. The van der Waals surface area contributed by atoms with Crippen molar-refractivity contribution in [3.05, 3.63) is 65.5 Å². The fourth-order valence-electron chi connectivity index (χ4n) is 4.81. The number of piperazine rings is 1. The largest absolute Gasteiger partial charge is 0.452 e. The van der Waals surface area contributed by atoms with Crippen molar-refractivity contribution in [2.45, 2.75) is 26.2 Å². The van der Waals surface area contributed by atoms with Crippen molar-refractivity contribution >= 4 is 28.6 Å². The van der Waals surface area contributed by atoms with Crippen LogP contribution < -0.4 is 4.90 Å². The molecule has 1 aliphatic carbocycles. The van der Waals surface area contributed by atoms with E-state index in [2.05, 4.69) is 16.8 Å². The first-order valence-corrected chi connectivity index (χ1v) is 11.6. The summed E-state index contributed by atoms with van der Waals surface area (Å²) < 4.78 is 5.58. The second-order valence-corrected chi connectivity index (χ2v) is 8.91. The Kier molecular flexibility index (Phi) is 5.94. The Balaban J connectivity index is 1.27. The van der Waals surface area contributed by atoms with Crippen LogP contribution in [0, 0.1) is 5.92 Å². The first-order valence-electron chi connectivity index (χ1n) is 11.6. The number of carbonyl (C=O) groups is 2. The summed E-state index contributed by atoms with van der Waals surface area (Å²) >= 11 is 0. The molecule has 33 heavy (non-hydrogen) atoms. The van der Waals surface area contributed by atoms with E-state index in [1.165, 1.54) is 0 Å². The van der Waals surface area contributed by atoms with Gasteiger partial charge in [0, 0.05) is 43.5 Å². The quantitative estimate of drug-likeness (QED) is 0.575. The third-order valence-electron chi connectivity index (χ3n) is 6.64. The number of hydrogen-bond donors (Lipinski definition) is 0. The normalized spacial score (nSPS) is 18.2. The van der Waals surface area contributed by atoms with Gasteiger partial charge in [-0.3, -0.25) is 9.78 Å². The summed E-state index contributed by atoms with van der Waals surface area (Å²) in [6, 6.07) is 13.5. The number of pyridine rings is 2. The van der Waals surface area contributed by atoms with Gasteiger partial charge in [-0.1, -0.05) is 31.2 Å².